The Morgan fingerprint density at radius 3 is 2.48 bits per heavy atom. The Morgan fingerprint density at radius 2 is 1.81 bits per heavy atom. The van der Waals surface area contributed by atoms with Crippen LogP contribution in [-0.4, -0.2) is 19.7 Å². The van der Waals surface area contributed by atoms with Gasteiger partial charge < -0.3 is 4.52 Å². The number of fused-ring (bicyclic) bond motifs is 1. The second-order valence-corrected chi connectivity index (χ2v) is 10.1. The first-order chi connectivity index (χ1) is 14.6. The second-order valence-electron chi connectivity index (χ2n) is 8.81. The van der Waals surface area contributed by atoms with Crippen LogP contribution in [0.3, 0.4) is 0 Å². The molecule has 1 atom stereocenters. The van der Waals surface area contributed by atoms with Gasteiger partial charge in [0.25, 0.3) is 5.56 Å². The minimum Gasteiger partial charge on any atom is -0.338 e. The smallest absolute Gasteiger partial charge is 0.266 e. The molecule has 0 radical (unpaired) electrons. The predicted molar refractivity (Wildman–Crippen MR) is 124 cm³/mol. The maximum atomic E-state index is 13.5. The Hall–Kier alpha value is -2.93. The first-order valence-electron chi connectivity index (χ1n) is 10.3. The molecule has 0 aliphatic rings. The maximum absolute atomic E-state index is 13.5. The Morgan fingerprint density at radius 1 is 1.06 bits per heavy atom. The van der Waals surface area contributed by atoms with Crippen molar-refractivity contribution in [1.29, 1.82) is 0 Å². The number of thioether (sulfide) groups is 1. The van der Waals surface area contributed by atoms with Crippen molar-refractivity contribution in [3.8, 4) is 5.69 Å². The number of aryl methyl sites for hydroxylation is 2. The summed E-state index contributed by atoms with van der Waals surface area (Å²) in [6.07, 6.45) is 0. The van der Waals surface area contributed by atoms with Gasteiger partial charge >= 0.3 is 0 Å². The van der Waals surface area contributed by atoms with Crippen molar-refractivity contribution >= 4 is 22.7 Å². The van der Waals surface area contributed by atoms with Gasteiger partial charge in [0, 0.05) is 5.41 Å². The number of para-hydroxylation sites is 1. The highest BCUT2D eigenvalue weighted by Crippen LogP contribution is 2.35. The van der Waals surface area contributed by atoms with Crippen LogP contribution < -0.4 is 5.56 Å². The monoisotopic (exact) mass is 434 g/mol. The molecular weight excluding hydrogens is 408 g/mol. The quantitative estimate of drug-likeness (QED) is 0.310. The van der Waals surface area contributed by atoms with E-state index in [2.05, 4.69) is 16.2 Å². The average molecular weight is 435 g/mol. The zero-order chi connectivity index (χ0) is 22.3. The zero-order valence-corrected chi connectivity index (χ0v) is 19.4. The zero-order valence-electron chi connectivity index (χ0n) is 18.6. The number of rotatable bonds is 4. The molecule has 0 bridgehead atoms. The molecule has 0 amide bonds. The van der Waals surface area contributed by atoms with E-state index in [1.807, 2.05) is 77.9 Å². The summed E-state index contributed by atoms with van der Waals surface area (Å²) in [5, 5.41) is 5.15. The van der Waals surface area contributed by atoms with Crippen LogP contribution in [-0.2, 0) is 5.41 Å². The fourth-order valence-corrected chi connectivity index (χ4v) is 4.32. The third-order valence-corrected chi connectivity index (χ3v) is 6.12. The Balaban J connectivity index is 1.84. The van der Waals surface area contributed by atoms with Gasteiger partial charge in [-0.25, -0.2) is 4.98 Å². The summed E-state index contributed by atoms with van der Waals surface area (Å²) in [5.74, 6) is 1.18. The molecule has 0 N–H and O–H groups in total. The number of nitrogens with zero attached hydrogens (tertiary/aromatic N) is 4. The van der Waals surface area contributed by atoms with Crippen molar-refractivity contribution in [3.05, 3.63) is 75.7 Å². The topological polar surface area (TPSA) is 73.8 Å². The van der Waals surface area contributed by atoms with Crippen molar-refractivity contribution in [2.24, 2.45) is 0 Å². The Labute approximate surface area is 185 Å². The van der Waals surface area contributed by atoms with E-state index in [4.69, 9.17) is 9.51 Å². The highest BCUT2D eigenvalue weighted by Gasteiger charge is 2.25. The molecule has 2 heterocycles. The van der Waals surface area contributed by atoms with E-state index in [0.29, 0.717) is 27.8 Å². The van der Waals surface area contributed by atoms with Gasteiger partial charge in [-0.2, -0.15) is 4.98 Å². The van der Waals surface area contributed by atoms with E-state index in [9.17, 15) is 4.79 Å². The predicted octanol–water partition coefficient (Wildman–Crippen LogP) is 5.54. The molecule has 2 aromatic heterocycles. The summed E-state index contributed by atoms with van der Waals surface area (Å²) in [7, 11) is 0. The standard InChI is InChI=1S/C24H26N4O2S/c1-14-11-12-19(15(2)13-14)28-21(29)17-9-7-8-10-18(17)25-23(28)31-16(3)20-26-22(27-30-20)24(4,5)6/h7-13,16H,1-6H3. The summed E-state index contributed by atoms with van der Waals surface area (Å²) in [5.41, 5.74) is 3.36. The molecule has 0 aliphatic carbocycles. The molecule has 4 rings (SSSR count). The largest absolute Gasteiger partial charge is 0.338 e. The molecule has 0 spiro atoms. The minimum atomic E-state index is -0.200. The summed E-state index contributed by atoms with van der Waals surface area (Å²) >= 11 is 1.44. The van der Waals surface area contributed by atoms with E-state index in [1.54, 1.807) is 4.57 Å². The van der Waals surface area contributed by atoms with Crippen LogP contribution in [0.25, 0.3) is 16.6 Å². The summed E-state index contributed by atoms with van der Waals surface area (Å²) in [6.45, 7) is 12.2. The maximum Gasteiger partial charge on any atom is 0.266 e. The SMILES string of the molecule is Cc1ccc(-n2c(SC(C)c3nc(C(C)(C)C)no3)nc3ccccc3c2=O)c(C)c1. The summed E-state index contributed by atoms with van der Waals surface area (Å²) in [6, 6.07) is 13.5. The van der Waals surface area contributed by atoms with Crippen LogP contribution in [0, 0.1) is 13.8 Å². The second kappa shape index (κ2) is 7.96. The van der Waals surface area contributed by atoms with Crippen molar-refractivity contribution in [2.45, 2.75) is 57.4 Å². The number of hydrogen-bond donors (Lipinski definition) is 0. The molecule has 6 nitrogen and oxygen atoms in total. The Kier molecular flexibility index (Phi) is 5.47. The molecule has 2 aromatic carbocycles. The van der Waals surface area contributed by atoms with E-state index < -0.39 is 0 Å². The molecular formula is C24H26N4O2S. The first kappa shape index (κ1) is 21.3. The van der Waals surface area contributed by atoms with Crippen molar-refractivity contribution in [2.75, 3.05) is 0 Å². The number of aromatic nitrogens is 4. The van der Waals surface area contributed by atoms with Gasteiger partial charge in [-0.15, -0.1) is 0 Å². The minimum absolute atomic E-state index is 0.0897. The van der Waals surface area contributed by atoms with Gasteiger partial charge in [-0.3, -0.25) is 9.36 Å². The van der Waals surface area contributed by atoms with Crippen molar-refractivity contribution < 1.29 is 4.52 Å². The fraction of sp³-hybridized carbons (Fsp3) is 0.333. The van der Waals surface area contributed by atoms with Crippen LogP contribution >= 0.6 is 11.8 Å². The van der Waals surface area contributed by atoms with Gasteiger partial charge in [-0.1, -0.05) is 67.5 Å². The lowest BCUT2D eigenvalue weighted by Gasteiger charge is -2.17. The van der Waals surface area contributed by atoms with E-state index >= 15 is 0 Å². The fourth-order valence-electron chi connectivity index (χ4n) is 3.37. The molecule has 7 heteroatoms. The summed E-state index contributed by atoms with van der Waals surface area (Å²) in [4.78, 5) is 22.9. The van der Waals surface area contributed by atoms with Crippen LogP contribution in [0.5, 0.6) is 0 Å². The number of hydrogen-bond acceptors (Lipinski definition) is 6. The van der Waals surface area contributed by atoms with Crippen molar-refractivity contribution in [3.63, 3.8) is 0 Å². The molecule has 0 fully saturated rings. The summed E-state index contributed by atoms with van der Waals surface area (Å²) < 4.78 is 7.22. The molecule has 160 valence electrons. The van der Waals surface area contributed by atoms with E-state index in [-0.39, 0.29) is 16.2 Å². The number of benzene rings is 2. The highest BCUT2D eigenvalue weighted by molar-refractivity contribution is 7.99. The normalized spacial score (nSPS) is 13.0. The first-order valence-corrected chi connectivity index (χ1v) is 11.1. The lowest BCUT2D eigenvalue weighted by molar-refractivity contribution is 0.364. The van der Waals surface area contributed by atoms with Gasteiger partial charge in [0.15, 0.2) is 11.0 Å². The molecule has 0 saturated carbocycles. The van der Waals surface area contributed by atoms with Gasteiger partial charge in [0.05, 0.1) is 21.8 Å². The van der Waals surface area contributed by atoms with Crippen LogP contribution in [0.1, 0.15) is 55.8 Å². The van der Waals surface area contributed by atoms with E-state index in [0.717, 1.165) is 16.8 Å². The van der Waals surface area contributed by atoms with Crippen LogP contribution in [0.2, 0.25) is 0 Å². The van der Waals surface area contributed by atoms with Gasteiger partial charge in [-0.05, 0) is 44.5 Å². The lowest BCUT2D eigenvalue weighted by Crippen LogP contribution is -2.22. The van der Waals surface area contributed by atoms with E-state index in [1.165, 1.54) is 11.8 Å². The molecule has 31 heavy (non-hydrogen) atoms. The van der Waals surface area contributed by atoms with Crippen LogP contribution in [0.15, 0.2) is 56.9 Å². The Bertz CT molecular complexity index is 1320. The molecule has 1 unspecified atom stereocenters. The van der Waals surface area contributed by atoms with Gasteiger partial charge in [0.2, 0.25) is 5.89 Å². The lowest BCUT2D eigenvalue weighted by atomic mass is 9.96. The molecule has 4 aromatic rings. The third kappa shape index (κ3) is 4.14. The molecule has 0 saturated heterocycles. The average Bonchev–Trinajstić information content (AvgIpc) is 3.20. The molecule has 0 aliphatic heterocycles. The third-order valence-electron chi connectivity index (χ3n) is 5.08. The highest BCUT2D eigenvalue weighted by atomic mass is 32.2. The van der Waals surface area contributed by atoms with Crippen LogP contribution in [0.4, 0.5) is 0 Å². The van der Waals surface area contributed by atoms with Crippen molar-refractivity contribution in [1.82, 2.24) is 19.7 Å². The van der Waals surface area contributed by atoms with Gasteiger partial charge in [0.1, 0.15) is 0 Å².